The number of piperidine rings is 1. The third-order valence-corrected chi connectivity index (χ3v) is 20.7. The van der Waals surface area contributed by atoms with Crippen LogP contribution in [0.25, 0.3) is 44.1 Å². The number of fused-ring (bicyclic) bond motifs is 2. The van der Waals surface area contributed by atoms with E-state index in [1.807, 2.05) is 43.0 Å². The molecular weight excluding hydrogens is 1120 g/mol. The van der Waals surface area contributed by atoms with E-state index in [9.17, 15) is 14.0 Å². The van der Waals surface area contributed by atoms with E-state index in [1.54, 1.807) is 6.07 Å². The number of imide groups is 1. The van der Waals surface area contributed by atoms with Gasteiger partial charge in [0, 0.05) is 41.4 Å². The average Bonchev–Trinajstić information content (AvgIpc) is 1.70. The van der Waals surface area contributed by atoms with Crippen LogP contribution in [0.3, 0.4) is 0 Å². The van der Waals surface area contributed by atoms with Gasteiger partial charge in [0.05, 0.1) is 40.8 Å². The van der Waals surface area contributed by atoms with E-state index in [4.69, 9.17) is 21.2 Å². The Balaban J connectivity index is 0.000000262. The Labute approximate surface area is 554 Å². The number of hydrogen-bond donors (Lipinski definition) is 1. The molecule has 1 aliphatic heterocycles. The molecule has 2 amide bonds. The number of unbranched alkanes of at least 4 members (excludes halogenated alkanes) is 5. The Kier molecular flexibility index (Phi) is 33.6. The Morgan fingerprint density at radius 1 is 0.813 bits per heavy atom. The maximum Gasteiger partial charge on any atom is 0.235 e. The molecule has 3 heterocycles. The third-order valence-electron chi connectivity index (χ3n) is 20.7. The first-order valence-electron chi connectivity index (χ1n) is 36.4. The van der Waals surface area contributed by atoms with Crippen molar-refractivity contribution in [3.63, 3.8) is 0 Å². The van der Waals surface area contributed by atoms with Gasteiger partial charge in [-0.3, -0.25) is 24.6 Å². The molecule has 0 spiro atoms. The van der Waals surface area contributed by atoms with E-state index >= 15 is 0 Å². The summed E-state index contributed by atoms with van der Waals surface area (Å²) in [6.45, 7) is 42.7. The van der Waals surface area contributed by atoms with Crippen LogP contribution in [0, 0.1) is 59.6 Å². The fraction of sp³-hybridized carbons (Fsp3) is 0.639. The zero-order chi connectivity index (χ0) is 67.4. The molecule has 1 saturated heterocycles. The minimum Gasteiger partial charge on any atom is -0.498 e. The summed E-state index contributed by atoms with van der Waals surface area (Å²) in [4.78, 5) is 28.8. The fourth-order valence-corrected chi connectivity index (χ4v) is 14.4. The number of rotatable bonds is 28. The molecule has 7 nitrogen and oxygen atoms in total. The fourth-order valence-electron chi connectivity index (χ4n) is 14.4. The molecule has 3 aromatic carbocycles. The molecule has 8 heteroatoms. The quantitative estimate of drug-likeness (QED) is 0.0233. The van der Waals surface area contributed by atoms with Crippen molar-refractivity contribution in [3.8, 4) is 23.6 Å². The molecule has 1 N–H and O–H groups in total. The molecule has 5 aromatic rings. The molecule has 2 aromatic heterocycles. The number of halogens is 1. The third kappa shape index (κ3) is 22.6. The molecule has 0 radical (unpaired) electrons. The Morgan fingerprint density at radius 3 is 2.07 bits per heavy atom. The second-order valence-electron chi connectivity index (χ2n) is 28.4. The number of nitrogens with one attached hydrogen (secondary N) is 1. The normalized spacial score (nSPS) is 19.2. The van der Waals surface area contributed by atoms with Crippen LogP contribution < -0.4 is 15.8 Å². The number of carbonyl (C=O) groups excluding carboxylic acids is 2. The number of aryl methyl sites for hydroxylation is 1. The second kappa shape index (κ2) is 39.2. The van der Waals surface area contributed by atoms with Crippen molar-refractivity contribution >= 4 is 44.6 Å². The van der Waals surface area contributed by atoms with Crippen LogP contribution in [-0.2, 0) is 21.4 Å². The summed E-state index contributed by atoms with van der Waals surface area (Å²) >= 11 is 0. The predicted octanol–water partition coefficient (Wildman–Crippen LogP) is 22.4. The van der Waals surface area contributed by atoms with Crippen LogP contribution in [0.2, 0.25) is 0 Å². The maximum atomic E-state index is 14.5. The van der Waals surface area contributed by atoms with Crippen molar-refractivity contribution in [3.05, 3.63) is 106 Å². The van der Waals surface area contributed by atoms with Gasteiger partial charge in [-0.05, 0) is 179 Å². The minimum atomic E-state index is -0.371. The zero-order valence-electron chi connectivity index (χ0n) is 61.0. The summed E-state index contributed by atoms with van der Waals surface area (Å²) in [5.74, 6) is 6.20. The lowest BCUT2D eigenvalue weighted by molar-refractivity contribution is -0.134. The monoisotopic (exact) mass is 1250 g/mol. The van der Waals surface area contributed by atoms with Crippen LogP contribution in [-0.4, -0.2) is 33.2 Å². The summed E-state index contributed by atoms with van der Waals surface area (Å²) < 4.78 is 21.8. The van der Waals surface area contributed by atoms with Gasteiger partial charge in [-0.15, -0.1) is 6.42 Å². The average molecular weight is 1250 g/mol. The lowest BCUT2D eigenvalue weighted by Crippen LogP contribution is -2.39. The predicted molar refractivity (Wildman–Crippen MR) is 390 cm³/mol. The van der Waals surface area contributed by atoms with Gasteiger partial charge in [-0.25, -0.2) is 4.39 Å². The highest BCUT2D eigenvalue weighted by atomic mass is 19.1. The molecule has 0 bridgehead atoms. The van der Waals surface area contributed by atoms with Crippen molar-refractivity contribution in [2.45, 2.75) is 296 Å². The highest BCUT2D eigenvalue weighted by Crippen LogP contribution is 2.52. The molecule has 91 heavy (non-hydrogen) atoms. The molecule has 2 saturated carbocycles. The highest BCUT2D eigenvalue weighted by Gasteiger charge is 2.42. The first-order valence-corrected chi connectivity index (χ1v) is 36.4. The van der Waals surface area contributed by atoms with Crippen LogP contribution >= 0.6 is 0 Å². The van der Waals surface area contributed by atoms with Gasteiger partial charge in [-0.2, -0.15) is 5.10 Å². The molecule has 3 aliphatic rings. The van der Waals surface area contributed by atoms with E-state index in [-0.39, 0.29) is 23.5 Å². The molecule has 3 fully saturated rings. The zero-order valence-corrected chi connectivity index (χ0v) is 61.0. The number of amides is 2. The molecule has 504 valence electrons. The standard InChI is InChI=1S/C28H30FN.C22H31N3O2.C13H26.C11H24.C9H16O/c1-8-17(4)19(6)24-16-30-28(20(7)26(24)18(5)9-2)23-13-11-12-21-14-15-25(29)22(10-3)27(21)23;1-4-6-7-10-15(9-5-2)16-11-8-12-17-20(24-25(3)21(16)17)18-13-14-19(26)23-22(18)27;1-4-6-7-9-13(8-5-2)10-12(3)11-13;1-5-7-8-11(4)9-10(3)6-2;1-4-9(5-6-9)7-10-8(2)3/h3,11-17H,8-9H2,1-2,4-7H3;8,11-12,15,18H,4-7,9-10,13-14H2,1-3H3,(H,23,26,27);12H,4-11H2,1-3H3;10-11H,5-9H2,1-4H3;2,4-7H2,1,3H3/b24-19-,26-18?;;;;. The molecule has 5 unspecified atom stereocenters. The van der Waals surface area contributed by atoms with Gasteiger partial charge < -0.3 is 4.74 Å². The van der Waals surface area contributed by atoms with E-state index in [0.29, 0.717) is 35.7 Å². The molecule has 8 rings (SSSR count). The van der Waals surface area contributed by atoms with E-state index in [1.165, 1.54) is 168 Å². The van der Waals surface area contributed by atoms with E-state index in [0.717, 1.165) is 99.0 Å². The number of pyridine rings is 1. The number of para-hydroxylation sites is 1. The van der Waals surface area contributed by atoms with Crippen LogP contribution in [0.1, 0.15) is 312 Å². The van der Waals surface area contributed by atoms with Crippen molar-refractivity contribution < 1.29 is 18.7 Å². The van der Waals surface area contributed by atoms with Gasteiger partial charge in [0.25, 0.3) is 0 Å². The Morgan fingerprint density at radius 2 is 1.49 bits per heavy atom. The van der Waals surface area contributed by atoms with Gasteiger partial charge >= 0.3 is 0 Å². The lowest BCUT2D eigenvalue weighted by atomic mass is 9.58. The smallest absolute Gasteiger partial charge is 0.235 e. The SMILES string of the molecule is C#Cc1c(F)ccc2cccc(-c3nc/c(=C(\C)C(C)CC)c(=C(C)CC)c3C)c12.C=C(C)OCC1(CC)CC1.CCCCC(C)CC(C)CC.CCCCCC(CCC)c1cccc2c(C3CCC(=O)NC3=O)nn(C)c12.CCCCCC1(CCC)CC(C)C1. The summed E-state index contributed by atoms with van der Waals surface area (Å²) in [5, 5.41) is 12.4. The van der Waals surface area contributed by atoms with E-state index in [2.05, 4.69) is 147 Å². The summed E-state index contributed by atoms with van der Waals surface area (Å²) in [7, 11) is 1.97. The first kappa shape index (κ1) is 77.9. The number of aromatic nitrogens is 3. The molecule has 2 aliphatic carbocycles. The van der Waals surface area contributed by atoms with Crippen molar-refractivity contribution in [2.75, 3.05) is 6.61 Å². The largest absolute Gasteiger partial charge is 0.498 e. The highest BCUT2D eigenvalue weighted by molar-refractivity contribution is 6.03. The van der Waals surface area contributed by atoms with Crippen LogP contribution in [0.5, 0.6) is 0 Å². The lowest BCUT2D eigenvalue weighted by Gasteiger charge is -2.47. The summed E-state index contributed by atoms with van der Waals surface area (Å²) in [5.41, 5.74) is 10.5. The van der Waals surface area contributed by atoms with Crippen LogP contribution in [0.15, 0.2) is 67.1 Å². The number of hydrogen-bond acceptors (Lipinski definition) is 5. The second-order valence-corrected chi connectivity index (χ2v) is 28.4. The first-order chi connectivity index (χ1) is 43.5. The number of carbonyl (C=O) groups is 2. The van der Waals surface area contributed by atoms with Crippen LogP contribution in [0.4, 0.5) is 4.39 Å². The van der Waals surface area contributed by atoms with E-state index < -0.39 is 0 Å². The number of nitrogens with zero attached hydrogens (tertiary/aromatic N) is 3. The number of allylic oxidation sites excluding steroid dienone is 1. The number of ether oxygens (including phenoxy) is 1. The van der Waals surface area contributed by atoms with Crippen molar-refractivity contribution in [2.24, 2.45) is 41.5 Å². The van der Waals surface area contributed by atoms with Gasteiger partial charge in [0.1, 0.15) is 5.82 Å². The molecular formula is C83H127FN4O3. The maximum absolute atomic E-state index is 14.5. The molecule has 5 atom stereocenters. The topological polar surface area (TPSA) is 86.1 Å². The summed E-state index contributed by atoms with van der Waals surface area (Å²) in [6, 6.07) is 15.6. The Hall–Kier alpha value is -5.55. The summed E-state index contributed by atoms with van der Waals surface area (Å²) in [6.07, 6.45) is 40.5. The number of terminal acetylenes is 1. The van der Waals surface area contributed by atoms with Gasteiger partial charge in [-0.1, -0.05) is 233 Å². The minimum absolute atomic E-state index is 0.184. The number of benzene rings is 3. The van der Waals surface area contributed by atoms with Crippen molar-refractivity contribution in [1.82, 2.24) is 20.1 Å². The van der Waals surface area contributed by atoms with Crippen molar-refractivity contribution in [1.29, 1.82) is 0 Å². The van der Waals surface area contributed by atoms with Gasteiger partial charge in [0.2, 0.25) is 11.8 Å². The Bertz CT molecular complexity index is 3230. The van der Waals surface area contributed by atoms with Gasteiger partial charge in [0.15, 0.2) is 0 Å².